The summed E-state index contributed by atoms with van der Waals surface area (Å²) in [6.07, 6.45) is 0.788. The Balaban J connectivity index is 1.87. The van der Waals surface area contributed by atoms with Crippen LogP contribution in [0.1, 0.15) is 23.6 Å². The molecule has 0 saturated heterocycles. The van der Waals surface area contributed by atoms with Gasteiger partial charge in [0.25, 0.3) is 0 Å². The number of benzene rings is 2. The van der Waals surface area contributed by atoms with Crippen molar-refractivity contribution in [3.8, 4) is 5.75 Å². The van der Waals surface area contributed by atoms with Crippen molar-refractivity contribution in [2.24, 2.45) is 7.05 Å². The molecule has 1 heterocycles. The van der Waals surface area contributed by atoms with Crippen molar-refractivity contribution >= 4 is 23.4 Å². The fourth-order valence-electron chi connectivity index (χ4n) is 2.67. The van der Waals surface area contributed by atoms with Crippen molar-refractivity contribution < 1.29 is 9.53 Å². The van der Waals surface area contributed by atoms with Crippen LogP contribution in [-0.4, -0.2) is 27.8 Å². The molecule has 1 amide bonds. The van der Waals surface area contributed by atoms with Crippen LogP contribution in [0.25, 0.3) is 0 Å². The van der Waals surface area contributed by atoms with Gasteiger partial charge in [-0.05, 0) is 17.7 Å². The van der Waals surface area contributed by atoms with E-state index in [1.165, 1.54) is 11.8 Å². The minimum absolute atomic E-state index is 0.125. The Morgan fingerprint density at radius 1 is 1.19 bits per heavy atom. The standard InChI is InChI=1S/C20H22N4O2S/c1-4-17-22-23-20(24(17)2)27-18(14-9-6-5-7-10-14)19(25)21-15-11-8-12-16(13-15)26-3/h5-13,18H,4H2,1-3H3,(H,21,25). The van der Waals surface area contributed by atoms with E-state index in [2.05, 4.69) is 15.5 Å². The van der Waals surface area contributed by atoms with Gasteiger partial charge >= 0.3 is 0 Å². The van der Waals surface area contributed by atoms with E-state index in [1.807, 2.05) is 67.1 Å². The molecule has 140 valence electrons. The molecule has 0 saturated carbocycles. The summed E-state index contributed by atoms with van der Waals surface area (Å²) in [7, 11) is 3.52. The summed E-state index contributed by atoms with van der Waals surface area (Å²) in [6, 6.07) is 17.0. The van der Waals surface area contributed by atoms with Crippen molar-refractivity contribution in [1.29, 1.82) is 0 Å². The lowest BCUT2D eigenvalue weighted by atomic mass is 10.1. The van der Waals surface area contributed by atoms with Gasteiger partial charge in [-0.3, -0.25) is 4.79 Å². The number of amides is 1. The largest absolute Gasteiger partial charge is 0.497 e. The predicted octanol–water partition coefficient (Wildman–Crippen LogP) is 3.86. The second kappa shape index (κ2) is 8.73. The van der Waals surface area contributed by atoms with Crippen LogP contribution >= 0.6 is 11.8 Å². The molecule has 0 fully saturated rings. The zero-order valence-corrected chi connectivity index (χ0v) is 16.4. The van der Waals surface area contributed by atoms with E-state index in [0.29, 0.717) is 16.6 Å². The Bertz CT molecular complexity index is 911. The van der Waals surface area contributed by atoms with Gasteiger partial charge in [0.1, 0.15) is 16.8 Å². The number of aromatic nitrogens is 3. The molecule has 1 aromatic heterocycles. The number of nitrogens with one attached hydrogen (secondary N) is 1. The van der Waals surface area contributed by atoms with Crippen LogP contribution in [0.4, 0.5) is 5.69 Å². The van der Waals surface area contributed by atoms with E-state index in [-0.39, 0.29) is 5.91 Å². The molecule has 1 N–H and O–H groups in total. The molecule has 2 aromatic carbocycles. The van der Waals surface area contributed by atoms with E-state index in [4.69, 9.17) is 4.74 Å². The molecule has 3 rings (SSSR count). The lowest BCUT2D eigenvalue weighted by Gasteiger charge is -2.17. The van der Waals surface area contributed by atoms with E-state index in [9.17, 15) is 4.79 Å². The Kier molecular flexibility index (Phi) is 6.13. The number of hydrogen-bond acceptors (Lipinski definition) is 5. The van der Waals surface area contributed by atoms with Crippen LogP contribution < -0.4 is 10.1 Å². The molecule has 6 nitrogen and oxygen atoms in total. The summed E-state index contributed by atoms with van der Waals surface area (Å²) in [5.41, 5.74) is 1.59. The molecule has 0 bridgehead atoms. The summed E-state index contributed by atoms with van der Waals surface area (Å²) in [5, 5.41) is 11.7. The minimum atomic E-state index is -0.454. The first-order valence-corrected chi connectivity index (χ1v) is 9.55. The van der Waals surface area contributed by atoms with Crippen molar-refractivity contribution in [3.63, 3.8) is 0 Å². The number of aryl methyl sites for hydroxylation is 1. The maximum Gasteiger partial charge on any atom is 0.242 e. The number of nitrogens with zero attached hydrogens (tertiary/aromatic N) is 3. The summed E-state index contributed by atoms with van der Waals surface area (Å²) < 4.78 is 7.16. The molecule has 0 aliphatic heterocycles. The zero-order valence-electron chi connectivity index (χ0n) is 15.5. The third-order valence-corrected chi connectivity index (χ3v) is 5.43. The van der Waals surface area contributed by atoms with E-state index >= 15 is 0 Å². The maximum atomic E-state index is 13.1. The van der Waals surface area contributed by atoms with Crippen molar-refractivity contribution in [1.82, 2.24) is 14.8 Å². The predicted molar refractivity (Wildman–Crippen MR) is 107 cm³/mol. The summed E-state index contributed by atoms with van der Waals surface area (Å²) >= 11 is 1.39. The molecular formula is C20H22N4O2S. The lowest BCUT2D eigenvalue weighted by molar-refractivity contribution is -0.115. The Labute approximate surface area is 163 Å². The average Bonchev–Trinajstić information content (AvgIpc) is 3.06. The molecule has 3 aromatic rings. The maximum absolute atomic E-state index is 13.1. The molecule has 0 aliphatic rings. The van der Waals surface area contributed by atoms with Crippen LogP contribution in [-0.2, 0) is 18.3 Å². The van der Waals surface area contributed by atoms with Gasteiger partial charge in [-0.1, -0.05) is 55.1 Å². The highest BCUT2D eigenvalue weighted by Crippen LogP contribution is 2.35. The van der Waals surface area contributed by atoms with Crippen LogP contribution in [0.3, 0.4) is 0 Å². The van der Waals surface area contributed by atoms with Crippen LogP contribution in [0.2, 0.25) is 0 Å². The van der Waals surface area contributed by atoms with Gasteiger partial charge in [-0.2, -0.15) is 0 Å². The summed E-state index contributed by atoms with van der Waals surface area (Å²) in [5.74, 6) is 1.45. The highest BCUT2D eigenvalue weighted by molar-refractivity contribution is 8.00. The van der Waals surface area contributed by atoms with Gasteiger partial charge in [0.15, 0.2) is 5.16 Å². The Morgan fingerprint density at radius 2 is 1.96 bits per heavy atom. The van der Waals surface area contributed by atoms with E-state index in [1.54, 1.807) is 13.2 Å². The van der Waals surface area contributed by atoms with Crippen LogP contribution in [0.15, 0.2) is 59.8 Å². The molecule has 0 aliphatic carbocycles. The highest BCUT2D eigenvalue weighted by Gasteiger charge is 2.25. The van der Waals surface area contributed by atoms with Crippen LogP contribution in [0, 0.1) is 0 Å². The summed E-state index contributed by atoms with van der Waals surface area (Å²) in [4.78, 5) is 13.1. The van der Waals surface area contributed by atoms with Gasteiger partial charge in [0.2, 0.25) is 5.91 Å². The van der Waals surface area contributed by atoms with Gasteiger partial charge in [-0.25, -0.2) is 0 Å². The van der Waals surface area contributed by atoms with E-state index in [0.717, 1.165) is 17.8 Å². The van der Waals surface area contributed by atoms with Gasteiger partial charge in [0, 0.05) is 25.2 Å². The third-order valence-electron chi connectivity index (χ3n) is 4.14. The molecule has 0 radical (unpaired) electrons. The number of anilines is 1. The molecule has 0 spiro atoms. The lowest BCUT2D eigenvalue weighted by Crippen LogP contribution is -2.19. The number of methoxy groups -OCH3 is 1. The zero-order chi connectivity index (χ0) is 19.2. The number of carbonyl (C=O) groups excluding carboxylic acids is 1. The molecule has 27 heavy (non-hydrogen) atoms. The number of ether oxygens (including phenoxy) is 1. The second-order valence-electron chi connectivity index (χ2n) is 5.94. The van der Waals surface area contributed by atoms with Gasteiger partial charge < -0.3 is 14.6 Å². The fraction of sp³-hybridized carbons (Fsp3) is 0.250. The van der Waals surface area contributed by atoms with Crippen LogP contribution in [0.5, 0.6) is 5.75 Å². The van der Waals surface area contributed by atoms with Gasteiger partial charge in [-0.15, -0.1) is 10.2 Å². The Hall–Kier alpha value is -2.80. The first-order chi connectivity index (χ1) is 13.1. The van der Waals surface area contributed by atoms with Crippen molar-refractivity contribution in [2.45, 2.75) is 23.8 Å². The minimum Gasteiger partial charge on any atom is -0.497 e. The van der Waals surface area contributed by atoms with Gasteiger partial charge in [0.05, 0.1) is 7.11 Å². The van der Waals surface area contributed by atoms with E-state index < -0.39 is 5.25 Å². The quantitative estimate of drug-likeness (QED) is 0.629. The topological polar surface area (TPSA) is 69.0 Å². The number of thioether (sulfide) groups is 1. The number of hydrogen-bond donors (Lipinski definition) is 1. The third kappa shape index (κ3) is 4.49. The normalized spacial score (nSPS) is 11.8. The smallest absolute Gasteiger partial charge is 0.242 e. The summed E-state index contributed by atoms with van der Waals surface area (Å²) in [6.45, 7) is 2.03. The SMILES string of the molecule is CCc1nnc(SC(C(=O)Nc2cccc(OC)c2)c2ccccc2)n1C. The fourth-order valence-corrected chi connectivity index (χ4v) is 3.69. The molecular weight excluding hydrogens is 360 g/mol. The second-order valence-corrected chi connectivity index (χ2v) is 7.01. The first kappa shape index (κ1) is 19.0. The molecule has 1 atom stereocenters. The van der Waals surface area contributed by atoms with Crippen molar-refractivity contribution in [3.05, 3.63) is 66.0 Å². The first-order valence-electron chi connectivity index (χ1n) is 8.67. The monoisotopic (exact) mass is 382 g/mol. The highest BCUT2D eigenvalue weighted by atomic mass is 32.2. The molecule has 7 heteroatoms. The number of carbonyl (C=O) groups is 1. The van der Waals surface area contributed by atoms with Crippen molar-refractivity contribution in [2.75, 3.05) is 12.4 Å². The Morgan fingerprint density at radius 3 is 2.63 bits per heavy atom. The number of rotatable bonds is 7. The average molecular weight is 382 g/mol. The molecule has 1 unspecified atom stereocenters.